The molecule has 0 saturated carbocycles. The third-order valence-corrected chi connectivity index (χ3v) is 5.72. The number of hydrogen-bond donors (Lipinski definition) is 1. The van der Waals surface area contributed by atoms with E-state index in [1.54, 1.807) is 23.1 Å². The summed E-state index contributed by atoms with van der Waals surface area (Å²) in [5.74, 6) is 1.43. The SMILES string of the molecule is C#CCNC(=O)COC(=O)[C@@H]1CCCCN1C1=NS(=O)(=O)c2ccccc21. The highest BCUT2D eigenvalue weighted by Gasteiger charge is 2.38. The highest BCUT2D eigenvalue weighted by Crippen LogP contribution is 2.30. The van der Waals surface area contributed by atoms with Gasteiger partial charge in [-0.15, -0.1) is 10.8 Å². The van der Waals surface area contributed by atoms with Crippen LogP contribution in [-0.4, -0.2) is 56.8 Å². The fourth-order valence-electron chi connectivity index (χ4n) is 3.16. The minimum atomic E-state index is -3.78. The fraction of sp³-hybridized carbons (Fsp3) is 0.389. The van der Waals surface area contributed by atoms with Gasteiger partial charge in [0.05, 0.1) is 6.54 Å². The van der Waals surface area contributed by atoms with Crippen LogP contribution in [-0.2, 0) is 24.3 Å². The van der Waals surface area contributed by atoms with Crippen molar-refractivity contribution in [2.45, 2.75) is 30.2 Å². The smallest absolute Gasteiger partial charge is 0.329 e. The number of nitrogens with one attached hydrogen (secondary N) is 1. The number of benzene rings is 1. The van der Waals surface area contributed by atoms with Crippen LogP contribution in [0.1, 0.15) is 24.8 Å². The van der Waals surface area contributed by atoms with Crippen molar-refractivity contribution in [1.82, 2.24) is 10.2 Å². The lowest BCUT2D eigenvalue weighted by molar-refractivity contribution is -0.153. The van der Waals surface area contributed by atoms with Crippen LogP contribution >= 0.6 is 0 Å². The number of esters is 1. The summed E-state index contributed by atoms with van der Waals surface area (Å²) in [6.07, 6.45) is 7.14. The van der Waals surface area contributed by atoms with Crippen LogP contribution in [0, 0.1) is 12.3 Å². The van der Waals surface area contributed by atoms with Gasteiger partial charge in [0.1, 0.15) is 10.9 Å². The Hall–Kier alpha value is -2.86. The van der Waals surface area contributed by atoms with Gasteiger partial charge in [-0.3, -0.25) is 4.79 Å². The van der Waals surface area contributed by atoms with Crippen LogP contribution in [0.3, 0.4) is 0 Å². The normalized spacial score (nSPS) is 20.2. The van der Waals surface area contributed by atoms with E-state index >= 15 is 0 Å². The lowest BCUT2D eigenvalue weighted by Crippen LogP contribution is -2.49. The number of terminal acetylenes is 1. The van der Waals surface area contributed by atoms with Gasteiger partial charge in [-0.25, -0.2) is 4.79 Å². The maximum absolute atomic E-state index is 12.5. The lowest BCUT2D eigenvalue weighted by atomic mass is 10.0. The number of hydrogen-bond acceptors (Lipinski definition) is 6. The molecule has 2 heterocycles. The lowest BCUT2D eigenvalue weighted by Gasteiger charge is -2.35. The molecule has 1 aromatic rings. The van der Waals surface area contributed by atoms with Crippen LogP contribution in [0.5, 0.6) is 0 Å². The van der Waals surface area contributed by atoms with E-state index in [9.17, 15) is 18.0 Å². The van der Waals surface area contributed by atoms with Crippen molar-refractivity contribution in [1.29, 1.82) is 0 Å². The molecular formula is C18H19N3O5S. The molecule has 3 rings (SSSR count). The first-order valence-corrected chi connectivity index (χ1v) is 9.96. The molecule has 0 spiro atoms. The Kier molecular flexibility index (Phi) is 5.46. The molecule has 2 aliphatic rings. The summed E-state index contributed by atoms with van der Waals surface area (Å²) in [6.45, 7) is 0.0926. The standard InChI is InChI=1S/C18H19N3O5S/c1-2-10-19-16(22)12-26-18(23)14-8-5-6-11-21(14)17-13-7-3-4-9-15(13)27(24,25)20-17/h1,3-4,7,9,14H,5-6,8,10-12H2,(H,19,22)/t14-/m0/s1. The van der Waals surface area contributed by atoms with Crippen molar-refractivity contribution in [3.05, 3.63) is 29.8 Å². The minimum absolute atomic E-state index is 0.0530. The van der Waals surface area contributed by atoms with Gasteiger partial charge in [-0.05, 0) is 31.4 Å². The number of ether oxygens (including phenoxy) is 1. The van der Waals surface area contributed by atoms with E-state index in [2.05, 4.69) is 15.6 Å². The van der Waals surface area contributed by atoms with Crippen LogP contribution in [0.2, 0.25) is 0 Å². The van der Waals surface area contributed by atoms with E-state index in [0.29, 0.717) is 18.5 Å². The van der Waals surface area contributed by atoms with Gasteiger partial charge < -0.3 is 15.0 Å². The maximum atomic E-state index is 12.5. The van der Waals surface area contributed by atoms with Gasteiger partial charge in [0.25, 0.3) is 15.9 Å². The highest BCUT2D eigenvalue weighted by molar-refractivity contribution is 7.90. The summed E-state index contributed by atoms with van der Waals surface area (Å²) in [5.41, 5.74) is 0.476. The van der Waals surface area contributed by atoms with Gasteiger partial charge in [0.2, 0.25) is 0 Å². The molecule has 1 atom stereocenters. The predicted molar refractivity (Wildman–Crippen MR) is 97.3 cm³/mol. The van der Waals surface area contributed by atoms with Crippen LogP contribution < -0.4 is 5.32 Å². The molecule has 1 saturated heterocycles. The third-order valence-electron chi connectivity index (χ3n) is 4.39. The first-order valence-electron chi connectivity index (χ1n) is 8.52. The number of nitrogens with zero attached hydrogens (tertiary/aromatic N) is 2. The van der Waals surface area contributed by atoms with Crippen molar-refractivity contribution >= 4 is 27.7 Å². The number of piperidine rings is 1. The van der Waals surface area contributed by atoms with E-state index < -0.39 is 34.5 Å². The Labute approximate surface area is 157 Å². The molecule has 0 radical (unpaired) electrons. The monoisotopic (exact) mass is 389 g/mol. The Morgan fingerprint density at radius 1 is 1.33 bits per heavy atom. The molecule has 0 aromatic heterocycles. The van der Waals surface area contributed by atoms with Crippen molar-refractivity contribution in [3.8, 4) is 12.3 Å². The molecule has 1 amide bonds. The van der Waals surface area contributed by atoms with Gasteiger partial charge >= 0.3 is 5.97 Å². The number of amidine groups is 1. The highest BCUT2D eigenvalue weighted by atomic mass is 32.2. The average Bonchev–Trinajstić information content (AvgIpc) is 2.95. The summed E-state index contributed by atoms with van der Waals surface area (Å²) in [5, 5.41) is 2.41. The van der Waals surface area contributed by atoms with Crippen LogP contribution in [0.25, 0.3) is 0 Å². The largest absolute Gasteiger partial charge is 0.454 e. The summed E-state index contributed by atoms with van der Waals surface area (Å²) in [6, 6.07) is 5.82. The zero-order valence-corrected chi connectivity index (χ0v) is 15.4. The van der Waals surface area contributed by atoms with Crippen molar-refractivity contribution in [3.63, 3.8) is 0 Å². The van der Waals surface area contributed by atoms with Gasteiger partial charge in [0.15, 0.2) is 12.4 Å². The summed E-state index contributed by atoms with van der Waals surface area (Å²) in [7, 11) is -3.78. The molecule has 9 heteroatoms. The van der Waals surface area contributed by atoms with Crippen molar-refractivity contribution in [2.75, 3.05) is 19.7 Å². The number of carbonyl (C=O) groups excluding carboxylic acids is 2. The zero-order valence-electron chi connectivity index (χ0n) is 14.6. The maximum Gasteiger partial charge on any atom is 0.329 e. The summed E-state index contributed by atoms with van der Waals surface area (Å²) in [4.78, 5) is 25.9. The molecule has 2 aliphatic heterocycles. The number of rotatable bonds is 4. The number of likely N-dealkylation sites (tertiary alicyclic amines) is 1. The van der Waals surface area contributed by atoms with Crippen molar-refractivity contribution < 1.29 is 22.7 Å². The first kappa shape index (κ1) is 18.9. The molecule has 0 unspecified atom stereocenters. The second kappa shape index (κ2) is 7.80. The summed E-state index contributed by atoms with van der Waals surface area (Å²) >= 11 is 0. The molecule has 8 nitrogen and oxygen atoms in total. The second-order valence-electron chi connectivity index (χ2n) is 6.18. The average molecular weight is 389 g/mol. The Morgan fingerprint density at radius 2 is 2.11 bits per heavy atom. The summed E-state index contributed by atoms with van der Waals surface area (Å²) < 4.78 is 33.6. The topological polar surface area (TPSA) is 105 Å². The van der Waals surface area contributed by atoms with E-state index in [-0.39, 0.29) is 17.3 Å². The van der Waals surface area contributed by atoms with E-state index in [1.807, 2.05) is 0 Å². The van der Waals surface area contributed by atoms with E-state index in [1.165, 1.54) is 6.07 Å². The minimum Gasteiger partial charge on any atom is -0.454 e. The zero-order chi connectivity index (χ0) is 19.4. The Morgan fingerprint density at radius 3 is 2.89 bits per heavy atom. The third kappa shape index (κ3) is 3.95. The van der Waals surface area contributed by atoms with E-state index in [4.69, 9.17) is 11.2 Å². The molecule has 1 N–H and O–H groups in total. The molecule has 142 valence electrons. The predicted octanol–water partition coefficient (Wildman–Crippen LogP) is 0.283. The van der Waals surface area contributed by atoms with Gasteiger partial charge in [-0.1, -0.05) is 18.1 Å². The second-order valence-corrected chi connectivity index (χ2v) is 7.75. The van der Waals surface area contributed by atoms with Gasteiger partial charge in [-0.2, -0.15) is 8.42 Å². The fourth-order valence-corrected chi connectivity index (χ4v) is 4.38. The molecule has 1 fully saturated rings. The Balaban J connectivity index is 1.78. The quantitative estimate of drug-likeness (QED) is 0.586. The van der Waals surface area contributed by atoms with Crippen LogP contribution in [0.4, 0.5) is 0 Å². The van der Waals surface area contributed by atoms with Crippen molar-refractivity contribution in [2.24, 2.45) is 4.40 Å². The Bertz CT molecular complexity index is 933. The van der Waals surface area contributed by atoms with E-state index in [0.717, 1.165) is 12.8 Å². The van der Waals surface area contributed by atoms with Gasteiger partial charge in [0, 0.05) is 12.1 Å². The first-order chi connectivity index (χ1) is 12.9. The number of amides is 1. The number of carbonyl (C=O) groups is 2. The molecular weight excluding hydrogens is 370 g/mol. The molecule has 1 aromatic carbocycles. The number of sulfonamides is 1. The molecule has 0 bridgehead atoms. The molecule has 0 aliphatic carbocycles. The number of fused-ring (bicyclic) bond motifs is 1. The molecule has 27 heavy (non-hydrogen) atoms. The van der Waals surface area contributed by atoms with Crippen LogP contribution in [0.15, 0.2) is 33.6 Å².